The zero-order valence-corrected chi connectivity index (χ0v) is 19.5. The molecule has 0 saturated carbocycles. The molecule has 3 N–H and O–H groups in total. The average molecular weight is 467 g/mol. The molecule has 30 heavy (non-hydrogen) atoms. The van der Waals surface area contributed by atoms with Gasteiger partial charge in [-0.05, 0) is 6.92 Å². The minimum Gasteiger partial charge on any atom is -0.468 e. The number of carbonyl (C=O) groups is 4. The molecule has 2 amide bonds. The highest BCUT2D eigenvalue weighted by Crippen LogP contribution is 2.53. The van der Waals surface area contributed by atoms with Crippen molar-refractivity contribution in [2.75, 3.05) is 32.6 Å². The van der Waals surface area contributed by atoms with Gasteiger partial charge in [0.2, 0.25) is 11.8 Å². The predicted molar refractivity (Wildman–Crippen MR) is 111 cm³/mol. The Morgan fingerprint density at radius 1 is 1.23 bits per heavy atom. The largest absolute Gasteiger partial charge is 0.468 e. The molecule has 0 unspecified atom stereocenters. The van der Waals surface area contributed by atoms with Crippen LogP contribution in [-0.2, 0) is 37.5 Å². The van der Waals surface area contributed by atoms with Crippen LogP contribution in [0.1, 0.15) is 34.1 Å². The molecule has 0 aliphatic carbocycles. The van der Waals surface area contributed by atoms with Crippen LogP contribution in [0.4, 0.5) is 0 Å². The van der Waals surface area contributed by atoms with Crippen LogP contribution in [0.3, 0.4) is 0 Å². The van der Waals surface area contributed by atoms with Crippen LogP contribution in [0, 0.1) is 5.41 Å². The lowest BCUT2D eigenvalue weighted by Crippen LogP contribution is -2.51. The zero-order valence-electron chi connectivity index (χ0n) is 17.8. The summed E-state index contributed by atoms with van der Waals surface area (Å²) in [4.78, 5) is 46.8. The number of thioether (sulfide) groups is 1. The summed E-state index contributed by atoms with van der Waals surface area (Å²) in [6.45, 7) is 6.66. The molecule has 3 atom stereocenters. The number of methoxy groups -OCH3 is 1. The van der Waals surface area contributed by atoms with Gasteiger partial charge in [0.05, 0.1) is 13.7 Å². The summed E-state index contributed by atoms with van der Waals surface area (Å²) < 4.78 is 28.1. The summed E-state index contributed by atoms with van der Waals surface area (Å²) in [6.07, 6.45) is -1.08. The van der Waals surface area contributed by atoms with Gasteiger partial charge >= 0.3 is 13.7 Å². The van der Waals surface area contributed by atoms with Crippen LogP contribution in [0.5, 0.6) is 0 Å². The van der Waals surface area contributed by atoms with Crippen LogP contribution >= 0.6 is 19.5 Å². The number of hydrogen-bond acceptors (Lipinski definition) is 9. The first-order chi connectivity index (χ1) is 13.9. The standard InChI is InChI=1S/C17H30N3O8PS/c1-11(16(24)26-5)20-29(25)27-10-17(3,4)14(28-29)15(23)19-7-6-13(22)18-8-9-30-12(2)21/h11,14H,6-10H2,1-5H3,(H,18,22)(H,19,23)(H,20,25)/t11-,14-,29+/m0/s1. The fourth-order valence-electron chi connectivity index (χ4n) is 2.44. The Kier molecular flexibility index (Phi) is 10.5. The maximum atomic E-state index is 12.8. The lowest BCUT2D eigenvalue weighted by atomic mass is 9.87. The second-order valence-corrected chi connectivity index (χ2v) is 10.3. The second-order valence-electron chi connectivity index (χ2n) is 7.35. The Labute approximate surface area is 180 Å². The minimum atomic E-state index is -3.93. The third kappa shape index (κ3) is 8.73. The van der Waals surface area contributed by atoms with Crippen molar-refractivity contribution in [3.8, 4) is 0 Å². The van der Waals surface area contributed by atoms with E-state index in [-0.39, 0.29) is 30.6 Å². The molecule has 1 aliphatic heterocycles. The van der Waals surface area contributed by atoms with Crippen molar-refractivity contribution >= 4 is 42.4 Å². The molecule has 11 nitrogen and oxygen atoms in total. The summed E-state index contributed by atoms with van der Waals surface area (Å²) in [5.41, 5.74) is -0.791. The number of rotatable bonds is 10. The molecule has 172 valence electrons. The van der Waals surface area contributed by atoms with E-state index in [2.05, 4.69) is 20.5 Å². The van der Waals surface area contributed by atoms with E-state index in [4.69, 9.17) is 9.05 Å². The number of ether oxygens (including phenoxy) is 1. The molecule has 1 aliphatic rings. The summed E-state index contributed by atoms with van der Waals surface area (Å²) in [5.74, 6) is -0.998. The molecule has 0 aromatic heterocycles. The van der Waals surface area contributed by atoms with E-state index in [1.165, 1.54) is 21.0 Å². The van der Waals surface area contributed by atoms with E-state index in [1.54, 1.807) is 13.8 Å². The smallest absolute Gasteiger partial charge is 0.407 e. The summed E-state index contributed by atoms with van der Waals surface area (Å²) in [7, 11) is -2.73. The Morgan fingerprint density at radius 2 is 1.90 bits per heavy atom. The lowest BCUT2D eigenvalue weighted by Gasteiger charge is -2.40. The highest BCUT2D eigenvalue weighted by Gasteiger charge is 2.48. The maximum absolute atomic E-state index is 12.8. The first-order valence-electron chi connectivity index (χ1n) is 9.36. The Morgan fingerprint density at radius 3 is 2.50 bits per heavy atom. The number of hydrogen-bond donors (Lipinski definition) is 3. The molecule has 1 heterocycles. The first kappa shape index (κ1) is 26.6. The van der Waals surface area contributed by atoms with Crippen LogP contribution in [0.15, 0.2) is 0 Å². The van der Waals surface area contributed by atoms with Gasteiger partial charge in [0.1, 0.15) is 6.04 Å². The van der Waals surface area contributed by atoms with Crippen molar-refractivity contribution in [1.29, 1.82) is 0 Å². The van der Waals surface area contributed by atoms with Crippen molar-refractivity contribution in [2.45, 2.75) is 46.3 Å². The highest BCUT2D eigenvalue weighted by atomic mass is 32.2. The van der Waals surface area contributed by atoms with Gasteiger partial charge in [-0.3, -0.25) is 28.2 Å². The van der Waals surface area contributed by atoms with Crippen LogP contribution in [0.2, 0.25) is 0 Å². The number of carbonyl (C=O) groups excluding carboxylic acids is 4. The van der Waals surface area contributed by atoms with Gasteiger partial charge in [0.15, 0.2) is 11.2 Å². The Hall–Kier alpha value is -1.46. The summed E-state index contributed by atoms with van der Waals surface area (Å²) in [5, 5.41) is 7.66. The second kappa shape index (κ2) is 11.8. The first-order valence-corrected chi connectivity index (χ1v) is 11.9. The minimum absolute atomic E-state index is 0.0247. The molecule has 0 radical (unpaired) electrons. The number of nitrogens with one attached hydrogen (secondary N) is 3. The number of esters is 1. The van der Waals surface area contributed by atoms with Gasteiger partial charge in [0.25, 0.3) is 0 Å². The van der Waals surface area contributed by atoms with Crippen LogP contribution in [-0.4, -0.2) is 67.6 Å². The van der Waals surface area contributed by atoms with Gasteiger partial charge in [-0.25, -0.2) is 9.65 Å². The van der Waals surface area contributed by atoms with E-state index < -0.39 is 37.2 Å². The van der Waals surface area contributed by atoms with Crippen molar-refractivity contribution in [3.63, 3.8) is 0 Å². The maximum Gasteiger partial charge on any atom is 0.407 e. The fourth-order valence-corrected chi connectivity index (χ4v) is 4.87. The third-order valence-electron chi connectivity index (χ3n) is 4.09. The van der Waals surface area contributed by atoms with Crippen molar-refractivity contribution in [2.24, 2.45) is 5.41 Å². The summed E-state index contributed by atoms with van der Waals surface area (Å²) >= 11 is 1.11. The monoisotopic (exact) mass is 467 g/mol. The van der Waals surface area contributed by atoms with Gasteiger partial charge in [-0.15, -0.1) is 0 Å². The van der Waals surface area contributed by atoms with Crippen molar-refractivity contribution in [3.05, 3.63) is 0 Å². The quantitative estimate of drug-likeness (QED) is 0.237. The topological polar surface area (TPSA) is 149 Å². The van der Waals surface area contributed by atoms with E-state index in [0.717, 1.165) is 11.8 Å². The van der Waals surface area contributed by atoms with E-state index >= 15 is 0 Å². The fraction of sp³-hybridized carbons (Fsp3) is 0.765. The Balaban J connectivity index is 2.55. The molecule has 0 aromatic rings. The molecule has 13 heteroatoms. The van der Waals surface area contributed by atoms with E-state index in [1.807, 2.05) is 0 Å². The van der Waals surface area contributed by atoms with Gasteiger partial charge in [-0.2, -0.15) is 0 Å². The Bertz CT molecular complexity index is 702. The molecule has 1 saturated heterocycles. The molecular formula is C17H30N3O8PS. The SMILES string of the molecule is COC(=O)[C@H](C)N[P@@]1(=O)OCC(C)(C)[C@H](C(=O)NCCC(=O)NCCSC(C)=O)O1. The lowest BCUT2D eigenvalue weighted by molar-refractivity contribution is -0.142. The van der Waals surface area contributed by atoms with Crippen molar-refractivity contribution in [1.82, 2.24) is 15.7 Å². The highest BCUT2D eigenvalue weighted by molar-refractivity contribution is 8.13. The molecule has 0 bridgehead atoms. The third-order valence-corrected chi connectivity index (χ3v) is 6.56. The number of amides is 2. The zero-order chi connectivity index (χ0) is 22.9. The molecule has 0 aromatic carbocycles. The molecular weight excluding hydrogens is 437 g/mol. The normalized spacial score (nSPS) is 23.8. The van der Waals surface area contributed by atoms with Crippen LogP contribution in [0.25, 0.3) is 0 Å². The van der Waals surface area contributed by atoms with Crippen molar-refractivity contribution < 1.29 is 37.5 Å². The molecule has 1 fully saturated rings. The van der Waals surface area contributed by atoms with E-state index in [0.29, 0.717) is 12.3 Å². The van der Waals surface area contributed by atoms with Gasteiger partial charge in [-0.1, -0.05) is 25.6 Å². The van der Waals surface area contributed by atoms with Gasteiger partial charge in [0, 0.05) is 37.6 Å². The van der Waals surface area contributed by atoms with E-state index in [9.17, 15) is 23.7 Å². The molecule has 1 rings (SSSR count). The molecule has 0 spiro atoms. The predicted octanol–water partition coefficient (Wildman–Crippen LogP) is 0.589. The van der Waals surface area contributed by atoms with Crippen LogP contribution < -0.4 is 15.7 Å². The average Bonchev–Trinajstić information content (AvgIpc) is 2.66. The summed E-state index contributed by atoms with van der Waals surface area (Å²) in [6, 6.07) is -0.962. The van der Waals surface area contributed by atoms with Gasteiger partial charge < -0.3 is 15.4 Å².